The topological polar surface area (TPSA) is 21.7 Å². The summed E-state index contributed by atoms with van der Waals surface area (Å²) in [6, 6.07) is 0.607. The third-order valence-electron chi connectivity index (χ3n) is 10.7. The van der Waals surface area contributed by atoms with E-state index in [1.165, 1.54) is 161 Å². The van der Waals surface area contributed by atoms with Crippen LogP contribution in [-0.4, -0.2) is 43.0 Å². The predicted octanol–water partition coefficient (Wildman–Crippen LogP) is 13.8. The Balaban J connectivity index is 1.54. The molecule has 1 aliphatic carbocycles. The van der Waals surface area contributed by atoms with Crippen LogP contribution in [0.4, 0.5) is 0 Å². The molecule has 274 valence electrons. The zero-order valence-electron chi connectivity index (χ0n) is 32.2. The zero-order valence-corrected chi connectivity index (χ0v) is 32.2. The van der Waals surface area contributed by atoms with E-state index in [1.807, 2.05) is 0 Å². The quantitative estimate of drug-likeness (QED) is 0.0532. The lowest BCUT2D eigenvalue weighted by Gasteiger charge is -2.31. The first-order valence-corrected chi connectivity index (χ1v) is 21.1. The minimum atomic E-state index is -0.303. The summed E-state index contributed by atoms with van der Waals surface area (Å²) in [7, 11) is 4.41. The van der Waals surface area contributed by atoms with Crippen LogP contribution in [0.25, 0.3) is 0 Å². The molecule has 2 fully saturated rings. The molecule has 3 heteroatoms. The van der Waals surface area contributed by atoms with E-state index in [2.05, 4.69) is 69.3 Å². The van der Waals surface area contributed by atoms with Crippen molar-refractivity contribution >= 4 is 0 Å². The van der Waals surface area contributed by atoms with E-state index in [0.717, 1.165) is 32.1 Å². The molecule has 4 atom stereocenters. The number of ether oxygens (including phenoxy) is 2. The molecular weight excluding hydrogens is 574 g/mol. The minimum absolute atomic E-state index is 0.303. The van der Waals surface area contributed by atoms with Gasteiger partial charge in [0.25, 0.3) is 0 Å². The van der Waals surface area contributed by atoms with Crippen LogP contribution >= 0.6 is 0 Å². The fourth-order valence-electron chi connectivity index (χ4n) is 7.57. The lowest BCUT2D eigenvalue weighted by atomic mass is 9.98. The summed E-state index contributed by atoms with van der Waals surface area (Å²) in [6.07, 6.45) is 53.9. The number of hydrogen-bond donors (Lipinski definition) is 0. The maximum atomic E-state index is 6.83. The third kappa shape index (κ3) is 21.0. The van der Waals surface area contributed by atoms with E-state index in [1.54, 1.807) is 0 Å². The third-order valence-corrected chi connectivity index (χ3v) is 10.7. The van der Waals surface area contributed by atoms with Crippen molar-refractivity contribution in [2.45, 2.75) is 231 Å². The molecule has 0 N–H and O–H groups in total. The van der Waals surface area contributed by atoms with Gasteiger partial charge in [0.1, 0.15) is 0 Å². The average Bonchev–Trinajstić information content (AvgIpc) is 3.61. The van der Waals surface area contributed by atoms with Gasteiger partial charge in [-0.25, -0.2) is 0 Å². The highest BCUT2D eigenvalue weighted by molar-refractivity contribution is 4.96. The lowest BCUT2D eigenvalue weighted by Crippen LogP contribution is -2.34. The molecule has 1 aliphatic heterocycles. The highest BCUT2D eigenvalue weighted by Crippen LogP contribution is 2.44. The average molecular weight is 656 g/mol. The van der Waals surface area contributed by atoms with Crippen LogP contribution in [0, 0.1) is 0 Å². The molecule has 0 aromatic carbocycles. The lowest BCUT2D eigenvalue weighted by molar-refractivity contribution is -0.193. The van der Waals surface area contributed by atoms with Crippen molar-refractivity contribution < 1.29 is 9.47 Å². The van der Waals surface area contributed by atoms with Gasteiger partial charge in [0, 0.05) is 18.9 Å². The van der Waals surface area contributed by atoms with E-state index in [0.29, 0.717) is 18.2 Å². The molecular formula is C44H81NO2. The van der Waals surface area contributed by atoms with Crippen molar-refractivity contribution in [2.75, 3.05) is 14.1 Å². The van der Waals surface area contributed by atoms with E-state index in [4.69, 9.17) is 9.47 Å². The molecule has 0 aromatic heterocycles. The number of unbranched alkanes of at least 4 members (excludes halogenated alkanes) is 21. The van der Waals surface area contributed by atoms with Crippen LogP contribution in [0.15, 0.2) is 36.5 Å². The maximum Gasteiger partial charge on any atom is 0.169 e. The summed E-state index contributed by atoms with van der Waals surface area (Å²) in [5, 5.41) is 0. The Kier molecular flexibility index (Phi) is 26.0. The maximum absolute atomic E-state index is 6.83. The van der Waals surface area contributed by atoms with Gasteiger partial charge in [0.05, 0.1) is 12.2 Å². The van der Waals surface area contributed by atoms with Gasteiger partial charge in [-0.05, 0) is 97.6 Å². The first kappa shape index (κ1) is 42.3. The standard InChI is InChI=1S/C44H81NO2/c1-5-7-9-11-13-15-17-19-21-23-25-27-29-31-33-35-37-44(46-42-39-41(45(3)4)40-43(42)47-44)38-36-34-32-30-28-26-24-22-20-18-16-14-12-10-8-6-2/h13,15,19-22,41-43H,5-12,14,16-18,23-40H2,1-4H3/b15-13-,21-19-,22-20-/t41-,42-,43+,44?. The Bertz CT molecular complexity index is 772. The normalized spacial score (nSPS) is 23.0. The second-order valence-corrected chi connectivity index (χ2v) is 15.3. The Morgan fingerprint density at radius 1 is 0.468 bits per heavy atom. The molecule has 47 heavy (non-hydrogen) atoms. The Morgan fingerprint density at radius 2 is 0.809 bits per heavy atom. The summed E-state index contributed by atoms with van der Waals surface area (Å²) in [6.45, 7) is 4.57. The Morgan fingerprint density at radius 3 is 1.23 bits per heavy atom. The van der Waals surface area contributed by atoms with Gasteiger partial charge >= 0.3 is 0 Å². The SMILES string of the molecule is CCCCC/C=C\C/C=C\CCCCCCCCC1(CCCCCCCC/C=C\CCCCCCCC)O[C@H]2C[C@H](N(C)C)C[C@H]2O1. The van der Waals surface area contributed by atoms with Crippen molar-refractivity contribution in [2.24, 2.45) is 0 Å². The molecule has 1 saturated carbocycles. The first-order valence-electron chi connectivity index (χ1n) is 21.1. The summed E-state index contributed by atoms with van der Waals surface area (Å²) < 4.78 is 13.7. The monoisotopic (exact) mass is 656 g/mol. The van der Waals surface area contributed by atoms with Crippen molar-refractivity contribution in [3.8, 4) is 0 Å². The summed E-state index contributed by atoms with van der Waals surface area (Å²) in [5.41, 5.74) is 0. The van der Waals surface area contributed by atoms with Gasteiger partial charge in [0.15, 0.2) is 5.79 Å². The van der Waals surface area contributed by atoms with Crippen LogP contribution in [0.1, 0.15) is 206 Å². The number of allylic oxidation sites excluding steroid dienone is 6. The predicted molar refractivity (Wildman–Crippen MR) is 207 cm³/mol. The minimum Gasteiger partial charge on any atom is -0.344 e. The summed E-state index contributed by atoms with van der Waals surface area (Å²) >= 11 is 0. The smallest absolute Gasteiger partial charge is 0.169 e. The second kappa shape index (κ2) is 28.9. The number of fused-ring (bicyclic) bond motifs is 1. The molecule has 2 rings (SSSR count). The molecule has 0 bridgehead atoms. The highest BCUT2D eigenvalue weighted by atomic mass is 16.8. The number of rotatable bonds is 32. The molecule has 2 aliphatic rings. The van der Waals surface area contributed by atoms with Gasteiger partial charge in [-0.2, -0.15) is 0 Å². The molecule has 1 saturated heterocycles. The first-order chi connectivity index (χ1) is 23.1. The van der Waals surface area contributed by atoms with Crippen molar-refractivity contribution in [1.82, 2.24) is 4.90 Å². The fourth-order valence-corrected chi connectivity index (χ4v) is 7.57. The van der Waals surface area contributed by atoms with Crippen LogP contribution in [0.3, 0.4) is 0 Å². The largest absolute Gasteiger partial charge is 0.344 e. The van der Waals surface area contributed by atoms with Crippen LogP contribution in [0.5, 0.6) is 0 Å². The molecule has 0 aromatic rings. The molecule has 0 spiro atoms. The second-order valence-electron chi connectivity index (χ2n) is 15.3. The van der Waals surface area contributed by atoms with Crippen LogP contribution in [0.2, 0.25) is 0 Å². The van der Waals surface area contributed by atoms with Gasteiger partial charge in [-0.1, -0.05) is 147 Å². The van der Waals surface area contributed by atoms with Crippen molar-refractivity contribution in [1.29, 1.82) is 0 Å². The highest BCUT2D eigenvalue weighted by Gasteiger charge is 2.51. The summed E-state index contributed by atoms with van der Waals surface area (Å²) in [4.78, 5) is 2.36. The van der Waals surface area contributed by atoms with E-state index < -0.39 is 0 Å². The Hall–Kier alpha value is -0.900. The van der Waals surface area contributed by atoms with Gasteiger partial charge in [0.2, 0.25) is 0 Å². The Labute approximate surface area is 294 Å². The summed E-state index contributed by atoms with van der Waals surface area (Å²) in [5.74, 6) is -0.303. The number of nitrogens with zero attached hydrogens (tertiary/aromatic N) is 1. The molecule has 3 nitrogen and oxygen atoms in total. The molecule has 0 radical (unpaired) electrons. The van der Waals surface area contributed by atoms with E-state index >= 15 is 0 Å². The fraction of sp³-hybridized carbons (Fsp3) is 0.864. The van der Waals surface area contributed by atoms with Crippen LogP contribution in [-0.2, 0) is 9.47 Å². The van der Waals surface area contributed by atoms with Gasteiger partial charge < -0.3 is 14.4 Å². The van der Waals surface area contributed by atoms with Crippen LogP contribution < -0.4 is 0 Å². The molecule has 1 heterocycles. The molecule has 0 amide bonds. The van der Waals surface area contributed by atoms with Crippen molar-refractivity contribution in [3.63, 3.8) is 0 Å². The number of hydrogen-bond acceptors (Lipinski definition) is 3. The van der Waals surface area contributed by atoms with E-state index in [9.17, 15) is 0 Å². The van der Waals surface area contributed by atoms with Crippen molar-refractivity contribution in [3.05, 3.63) is 36.5 Å². The van der Waals surface area contributed by atoms with E-state index in [-0.39, 0.29) is 5.79 Å². The van der Waals surface area contributed by atoms with Gasteiger partial charge in [-0.3, -0.25) is 0 Å². The molecule has 1 unspecified atom stereocenters. The zero-order chi connectivity index (χ0) is 33.7. The van der Waals surface area contributed by atoms with Gasteiger partial charge in [-0.15, -0.1) is 0 Å².